The average Bonchev–Trinajstić information content (AvgIpc) is 2.90. The lowest BCUT2D eigenvalue weighted by Gasteiger charge is -2.15. The maximum atomic E-state index is 11.9. The molecule has 114 valence electrons. The molecular weight excluding hydrogens is 276 g/mol. The minimum absolute atomic E-state index is 0.0522. The van der Waals surface area contributed by atoms with Crippen LogP contribution in [0, 0.1) is 0 Å². The van der Waals surface area contributed by atoms with E-state index in [0.717, 1.165) is 12.1 Å². The molecule has 3 N–H and O–H groups in total. The molecule has 0 fully saturated rings. The van der Waals surface area contributed by atoms with Crippen molar-refractivity contribution in [3.63, 3.8) is 0 Å². The molecule has 0 saturated heterocycles. The molecule has 1 atom stereocenters. The number of anilines is 1. The number of amides is 2. The number of fused-ring (bicyclic) bond motifs is 3. The van der Waals surface area contributed by atoms with E-state index in [9.17, 15) is 4.79 Å². The smallest absolute Gasteiger partial charge is 0.319 e. The number of aliphatic hydroxyl groups is 1. The summed E-state index contributed by atoms with van der Waals surface area (Å²) in [6.07, 6.45) is 1.60. The third-order valence-corrected chi connectivity index (χ3v) is 4.10. The predicted octanol–water partition coefficient (Wildman–Crippen LogP) is 3.15. The number of hydrogen-bond acceptors (Lipinski definition) is 2. The van der Waals surface area contributed by atoms with Crippen LogP contribution in [0.3, 0.4) is 0 Å². The fourth-order valence-electron chi connectivity index (χ4n) is 2.85. The second-order valence-corrected chi connectivity index (χ2v) is 5.59. The number of aliphatic hydroxyl groups excluding tert-OH is 1. The molecule has 22 heavy (non-hydrogen) atoms. The number of rotatable bonds is 4. The van der Waals surface area contributed by atoms with E-state index in [0.29, 0.717) is 6.42 Å². The fourth-order valence-corrected chi connectivity index (χ4v) is 2.85. The topological polar surface area (TPSA) is 61.4 Å². The lowest BCUT2D eigenvalue weighted by atomic mass is 10.1. The number of carbonyl (C=O) groups excluding carboxylic acids is 1. The van der Waals surface area contributed by atoms with Gasteiger partial charge in [0.2, 0.25) is 0 Å². The summed E-state index contributed by atoms with van der Waals surface area (Å²) in [4.78, 5) is 11.9. The molecule has 0 radical (unpaired) electrons. The van der Waals surface area contributed by atoms with Gasteiger partial charge in [0.25, 0.3) is 0 Å². The van der Waals surface area contributed by atoms with Gasteiger partial charge in [0.1, 0.15) is 0 Å². The lowest BCUT2D eigenvalue weighted by Crippen LogP contribution is -2.39. The molecule has 0 heterocycles. The van der Waals surface area contributed by atoms with Gasteiger partial charge in [-0.15, -0.1) is 0 Å². The Hall–Kier alpha value is -2.33. The standard InChI is InChI=1S/C18H20N2O2/c1-2-14(11-21)19-18(22)20-15-7-8-17-13(10-15)9-12-5-3-4-6-16(12)17/h3-8,10,14,21H,2,9,11H2,1H3,(H2,19,20,22). The van der Waals surface area contributed by atoms with E-state index >= 15 is 0 Å². The van der Waals surface area contributed by atoms with Crippen LogP contribution < -0.4 is 10.6 Å². The van der Waals surface area contributed by atoms with E-state index in [1.807, 2.05) is 25.1 Å². The first-order chi connectivity index (χ1) is 10.7. The van der Waals surface area contributed by atoms with Crippen molar-refractivity contribution < 1.29 is 9.90 Å². The highest BCUT2D eigenvalue weighted by atomic mass is 16.3. The third kappa shape index (κ3) is 2.83. The zero-order chi connectivity index (χ0) is 15.5. The molecule has 3 rings (SSSR count). The molecule has 0 bridgehead atoms. The summed E-state index contributed by atoms with van der Waals surface area (Å²) in [5.41, 5.74) is 5.85. The Morgan fingerprint density at radius 3 is 2.73 bits per heavy atom. The normalized spacial score (nSPS) is 13.2. The summed E-state index contributed by atoms with van der Waals surface area (Å²) >= 11 is 0. The van der Waals surface area contributed by atoms with E-state index in [1.165, 1.54) is 22.3 Å². The van der Waals surface area contributed by atoms with Gasteiger partial charge in [-0.05, 0) is 47.2 Å². The Morgan fingerprint density at radius 1 is 1.18 bits per heavy atom. The largest absolute Gasteiger partial charge is 0.394 e. The number of nitrogens with one attached hydrogen (secondary N) is 2. The van der Waals surface area contributed by atoms with Gasteiger partial charge in [-0.3, -0.25) is 0 Å². The summed E-state index contributed by atoms with van der Waals surface area (Å²) in [6.45, 7) is 1.87. The Kier molecular flexibility index (Phi) is 4.11. The van der Waals surface area contributed by atoms with Crippen LogP contribution in [0.25, 0.3) is 11.1 Å². The summed E-state index contributed by atoms with van der Waals surface area (Å²) in [6, 6.07) is 13.9. The Labute approximate surface area is 130 Å². The van der Waals surface area contributed by atoms with Crippen LogP contribution in [-0.2, 0) is 6.42 Å². The van der Waals surface area contributed by atoms with Gasteiger partial charge in [-0.1, -0.05) is 37.3 Å². The van der Waals surface area contributed by atoms with Gasteiger partial charge in [-0.25, -0.2) is 4.79 Å². The van der Waals surface area contributed by atoms with Crippen molar-refractivity contribution >= 4 is 11.7 Å². The molecule has 0 aliphatic heterocycles. The van der Waals surface area contributed by atoms with Gasteiger partial charge in [0, 0.05) is 5.69 Å². The molecule has 2 aromatic rings. The molecule has 1 aliphatic carbocycles. The summed E-state index contributed by atoms with van der Waals surface area (Å²) in [7, 11) is 0. The summed E-state index contributed by atoms with van der Waals surface area (Å²) in [5, 5.41) is 14.7. The molecule has 2 amide bonds. The maximum Gasteiger partial charge on any atom is 0.319 e. The molecule has 0 saturated carbocycles. The third-order valence-electron chi connectivity index (χ3n) is 4.10. The van der Waals surface area contributed by atoms with Crippen molar-refractivity contribution in [2.75, 3.05) is 11.9 Å². The molecule has 1 unspecified atom stereocenters. The maximum absolute atomic E-state index is 11.9. The van der Waals surface area contributed by atoms with E-state index in [2.05, 4.69) is 34.9 Å². The van der Waals surface area contributed by atoms with Crippen LogP contribution in [0.1, 0.15) is 24.5 Å². The van der Waals surface area contributed by atoms with Crippen molar-refractivity contribution in [2.24, 2.45) is 0 Å². The van der Waals surface area contributed by atoms with Crippen molar-refractivity contribution in [3.8, 4) is 11.1 Å². The van der Waals surface area contributed by atoms with Crippen molar-refractivity contribution in [2.45, 2.75) is 25.8 Å². The number of urea groups is 1. The monoisotopic (exact) mass is 296 g/mol. The minimum atomic E-state index is -0.281. The fraction of sp³-hybridized carbons (Fsp3) is 0.278. The molecule has 2 aromatic carbocycles. The highest BCUT2D eigenvalue weighted by molar-refractivity contribution is 5.90. The average molecular weight is 296 g/mol. The van der Waals surface area contributed by atoms with Crippen LogP contribution in [0.4, 0.5) is 10.5 Å². The van der Waals surface area contributed by atoms with Gasteiger partial charge in [-0.2, -0.15) is 0 Å². The van der Waals surface area contributed by atoms with E-state index in [-0.39, 0.29) is 18.7 Å². The molecular formula is C18H20N2O2. The van der Waals surface area contributed by atoms with Crippen molar-refractivity contribution in [1.29, 1.82) is 0 Å². The van der Waals surface area contributed by atoms with Crippen LogP contribution in [0.2, 0.25) is 0 Å². The first-order valence-corrected chi connectivity index (χ1v) is 7.61. The number of hydrogen-bond donors (Lipinski definition) is 3. The zero-order valence-corrected chi connectivity index (χ0v) is 12.6. The SMILES string of the molecule is CCC(CO)NC(=O)Nc1ccc2c(c1)Cc1ccccc1-2. The molecule has 1 aliphatic rings. The van der Waals surface area contributed by atoms with Crippen LogP contribution >= 0.6 is 0 Å². The van der Waals surface area contributed by atoms with Crippen molar-refractivity contribution in [1.82, 2.24) is 5.32 Å². The van der Waals surface area contributed by atoms with Gasteiger partial charge < -0.3 is 15.7 Å². The Morgan fingerprint density at radius 2 is 1.95 bits per heavy atom. The zero-order valence-electron chi connectivity index (χ0n) is 12.6. The Balaban J connectivity index is 1.73. The van der Waals surface area contributed by atoms with Crippen LogP contribution in [-0.4, -0.2) is 23.8 Å². The van der Waals surface area contributed by atoms with Crippen LogP contribution in [0.5, 0.6) is 0 Å². The predicted molar refractivity (Wildman–Crippen MR) is 88.0 cm³/mol. The van der Waals surface area contributed by atoms with Crippen LogP contribution in [0.15, 0.2) is 42.5 Å². The second kappa shape index (κ2) is 6.20. The minimum Gasteiger partial charge on any atom is -0.394 e. The van der Waals surface area contributed by atoms with Crippen molar-refractivity contribution in [3.05, 3.63) is 53.6 Å². The molecule has 4 nitrogen and oxygen atoms in total. The molecule has 0 aromatic heterocycles. The molecule has 4 heteroatoms. The second-order valence-electron chi connectivity index (χ2n) is 5.59. The summed E-state index contributed by atoms with van der Waals surface area (Å²) < 4.78 is 0. The van der Waals surface area contributed by atoms with Gasteiger partial charge >= 0.3 is 6.03 Å². The van der Waals surface area contributed by atoms with E-state index in [1.54, 1.807) is 0 Å². The Bertz CT molecular complexity index is 693. The number of benzene rings is 2. The first-order valence-electron chi connectivity index (χ1n) is 7.61. The summed E-state index contributed by atoms with van der Waals surface area (Å²) in [5.74, 6) is 0. The quantitative estimate of drug-likeness (QED) is 0.692. The lowest BCUT2D eigenvalue weighted by molar-refractivity contribution is 0.222. The van der Waals surface area contributed by atoms with Gasteiger partial charge in [0.15, 0.2) is 0 Å². The number of carbonyl (C=O) groups is 1. The van der Waals surface area contributed by atoms with E-state index in [4.69, 9.17) is 5.11 Å². The highest BCUT2D eigenvalue weighted by Gasteiger charge is 2.18. The highest BCUT2D eigenvalue weighted by Crippen LogP contribution is 2.37. The van der Waals surface area contributed by atoms with E-state index < -0.39 is 0 Å². The molecule has 0 spiro atoms. The van der Waals surface area contributed by atoms with Gasteiger partial charge in [0.05, 0.1) is 12.6 Å². The first kappa shape index (κ1) is 14.6.